The molecular weight excluding hydrogens is 269 g/mol. The SMILES string of the molecule is Cc1ccc(OCC(=O)c2ccc(F)c(F)c2)cc1F. The molecular formula is C15H11F3O2. The van der Waals surface area contributed by atoms with E-state index in [1.807, 2.05) is 0 Å². The molecule has 2 aromatic rings. The second kappa shape index (κ2) is 5.77. The predicted octanol–water partition coefficient (Wildman–Crippen LogP) is 3.67. The smallest absolute Gasteiger partial charge is 0.200 e. The van der Waals surface area contributed by atoms with Crippen molar-refractivity contribution >= 4 is 5.78 Å². The summed E-state index contributed by atoms with van der Waals surface area (Å²) in [6, 6.07) is 7.04. The van der Waals surface area contributed by atoms with Gasteiger partial charge in [0.1, 0.15) is 11.6 Å². The van der Waals surface area contributed by atoms with E-state index in [9.17, 15) is 18.0 Å². The zero-order valence-corrected chi connectivity index (χ0v) is 10.6. The Bertz CT molecular complexity index is 654. The third kappa shape index (κ3) is 3.17. The maximum atomic E-state index is 13.3. The van der Waals surface area contributed by atoms with Crippen LogP contribution in [-0.4, -0.2) is 12.4 Å². The van der Waals surface area contributed by atoms with Crippen molar-refractivity contribution in [2.45, 2.75) is 6.92 Å². The number of ether oxygens (including phenoxy) is 1. The molecule has 104 valence electrons. The lowest BCUT2D eigenvalue weighted by Gasteiger charge is -2.07. The van der Waals surface area contributed by atoms with Crippen molar-refractivity contribution in [3.63, 3.8) is 0 Å². The van der Waals surface area contributed by atoms with Gasteiger partial charge in [-0.25, -0.2) is 13.2 Å². The molecule has 0 atom stereocenters. The molecule has 0 heterocycles. The lowest BCUT2D eigenvalue weighted by molar-refractivity contribution is 0.0920. The summed E-state index contributed by atoms with van der Waals surface area (Å²) in [7, 11) is 0. The van der Waals surface area contributed by atoms with Gasteiger partial charge in [-0.1, -0.05) is 6.07 Å². The van der Waals surface area contributed by atoms with Crippen molar-refractivity contribution in [3.05, 3.63) is 65.0 Å². The molecule has 0 aliphatic rings. The topological polar surface area (TPSA) is 26.3 Å². The normalized spacial score (nSPS) is 10.4. The third-order valence-corrected chi connectivity index (χ3v) is 2.75. The van der Waals surface area contributed by atoms with Gasteiger partial charge in [0.2, 0.25) is 0 Å². The lowest BCUT2D eigenvalue weighted by Crippen LogP contribution is -2.12. The van der Waals surface area contributed by atoms with Crippen LogP contribution in [0.3, 0.4) is 0 Å². The van der Waals surface area contributed by atoms with E-state index in [4.69, 9.17) is 4.74 Å². The number of Topliss-reactive ketones (excluding diaryl/α,β-unsaturated/α-hetero) is 1. The number of hydrogen-bond donors (Lipinski definition) is 0. The van der Waals surface area contributed by atoms with Gasteiger partial charge < -0.3 is 4.74 Å². The molecule has 0 aliphatic carbocycles. The van der Waals surface area contributed by atoms with Gasteiger partial charge in [0.25, 0.3) is 0 Å². The molecule has 20 heavy (non-hydrogen) atoms. The molecule has 5 heteroatoms. The Morgan fingerprint density at radius 1 is 1.00 bits per heavy atom. The highest BCUT2D eigenvalue weighted by molar-refractivity contribution is 5.97. The van der Waals surface area contributed by atoms with E-state index in [1.54, 1.807) is 6.92 Å². The number of hydrogen-bond acceptors (Lipinski definition) is 2. The summed E-state index contributed by atoms with van der Waals surface area (Å²) in [6.07, 6.45) is 0. The minimum absolute atomic E-state index is 0.00326. The molecule has 0 amide bonds. The van der Waals surface area contributed by atoms with Crippen LogP contribution >= 0.6 is 0 Å². The van der Waals surface area contributed by atoms with Crippen molar-refractivity contribution in [1.82, 2.24) is 0 Å². The largest absolute Gasteiger partial charge is 0.485 e. The zero-order chi connectivity index (χ0) is 14.7. The number of carbonyl (C=O) groups excluding carboxylic acids is 1. The Morgan fingerprint density at radius 2 is 1.75 bits per heavy atom. The van der Waals surface area contributed by atoms with Crippen molar-refractivity contribution in [2.24, 2.45) is 0 Å². The van der Waals surface area contributed by atoms with Gasteiger partial charge in [-0.05, 0) is 36.8 Å². The van der Waals surface area contributed by atoms with Crippen LogP contribution in [-0.2, 0) is 0 Å². The number of carbonyl (C=O) groups is 1. The minimum Gasteiger partial charge on any atom is -0.485 e. The van der Waals surface area contributed by atoms with Crippen molar-refractivity contribution in [1.29, 1.82) is 0 Å². The Labute approximate surface area is 113 Å². The van der Waals surface area contributed by atoms with E-state index in [2.05, 4.69) is 0 Å². The van der Waals surface area contributed by atoms with Crippen LogP contribution in [0.5, 0.6) is 5.75 Å². The summed E-state index contributed by atoms with van der Waals surface area (Å²) in [5.41, 5.74) is 0.459. The Balaban J connectivity index is 2.04. The lowest BCUT2D eigenvalue weighted by atomic mass is 10.1. The molecule has 2 nitrogen and oxygen atoms in total. The molecule has 0 unspecified atom stereocenters. The van der Waals surface area contributed by atoms with E-state index in [1.165, 1.54) is 18.2 Å². The highest BCUT2D eigenvalue weighted by Crippen LogP contribution is 2.16. The molecule has 0 saturated carbocycles. The molecule has 0 bridgehead atoms. The average molecular weight is 280 g/mol. The van der Waals surface area contributed by atoms with E-state index in [0.717, 1.165) is 18.2 Å². The summed E-state index contributed by atoms with van der Waals surface area (Å²) in [6.45, 7) is 1.22. The van der Waals surface area contributed by atoms with Crippen molar-refractivity contribution in [3.8, 4) is 5.75 Å². The Kier molecular flexibility index (Phi) is 4.08. The number of ketones is 1. The van der Waals surface area contributed by atoms with Gasteiger partial charge in [-0.2, -0.15) is 0 Å². The van der Waals surface area contributed by atoms with Crippen LogP contribution in [0, 0.1) is 24.4 Å². The molecule has 0 N–H and O–H groups in total. The van der Waals surface area contributed by atoms with E-state index in [0.29, 0.717) is 5.56 Å². The second-order valence-corrected chi connectivity index (χ2v) is 4.25. The molecule has 2 aromatic carbocycles. The van der Waals surface area contributed by atoms with Crippen LogP contribution in [0.2, 0.25) is 0 Å². The third-order valence-electron chi connectivity index (χ3n) is 2.75. The van der Waals surface area contributed by atoms with Crippen LogP contribution in [0.15, 0.2) is 36.4 Å². The standard InChI is InChI=1S/C15H11F3O2/c1-9-2-4-11(7-13(9)17)20-8-15(19)10-3-5-12(16)14(18)6-10/h2-7H,8H2,1H3. The first-order chi connectivity index (χ1) is 9.47. The second-order valence-electron chi connectivity index (χ2n) is 4.25. The maximum Gasteiger partial charge on any atom is 0.200 e. The highest BCUT2D eigenvalue weighted by Gasteiger charge is 2.11. The van der Waals surface area contributed by atoms with Crippen LogP contribution < -0.4 is 4.74 Å². The molecule has 0 fully saturated rings. The molecule has 0 radical (unpaired) electrons. The van der Waals surface area contributed by atoms with Gasteiger partial charge in [-0.15, -0.1) is 0 Å². The van der Waals surface area contributed by atoms with E-state index in [-0.39, 0.29) is 17.9 Å². The summed E-state index contributed by atoms with van der Waals surface area (Å²) < 4.78 is 44.1. The van der Waals surface area contributed by atoms with Crippen molar-refractivity contribution in [2.75, 3.05) is 6.61 Å². The fraction of sp³-hybridized carbons (Fsp3) is 0.133. The minimum atomic E-state index is -1.10. The highest BCUT2D eigenvalue weighted by atomic mass is 19.2. The van der Waals surface area contributed by atoms with Gasteiger partial charge in [0.15, 0.2) is 24.0 Å². The Morgan fingerprint density at radius 3 is 2.40 bits per heavy atom. The van der Waals surface area contributed by atoms with Crippen LogP contribution in [0.4, 0.5) is 13.2 Å². The Hall–Kier alpha value is -2.30. The van der Waals surface area contributed by atoms with Gasteiger partial charge in [0, 0.05) is 11.6 Å². The van der Waals surface area contributed by atoms with Gasteiger partial charge >= 0.3 is 0 Å². The summed E-state index contributed by atoms with van der Waals surface area (Å²) in [4.78, 5) is 11.7. The predicted molar refractivity (Wildman–Crippen MR) is 67.3 cm³/mol. The monoisotopic (exact) mass is 280 g/mol. The van der Waals surface area contributed by atoms with Crippen molar-refractivity contribution < 1.29 is 22.7 Å². The number of halogens is 3. The molecule has 0 spiro atoms. The summed E-state index contributed by atoms with van der Waals surface area (Å²) >= 11 is 0. The zero-order valence-electron chi connectivity index (χ0n) is 10.6. The quantitative estimate of drug-likeness (QED) is 0.799. The first-order valence-electron chi connectivity index (χ1n) is 5.84. The molecule has 0 aromatic heterocycles. The summed E-state index contributed by atoms with van der Waals surface area (Å²) in [5, 5.41) is 0. The first kappa shape index (κ1) is 14.1. The van der Waals surface area contributed by atoms with E-state index >= 15 is 0 Å². The van der Waals surface area contributed by atoms with Crippen LogP contribution in [0.25, 0.3) is 0 Å². The number of aryl methyl sites for hydroxylation is 1. The fourth-order valence-electron chi connectivity index (χ4n) is 1.57. The van der Waals surface area contributed by atoms with Gasteiger partial charge in [-0.3, -0.25) is 4.79 Å². The number of benzene rings is 2. The first-order valence-corrected chi connectivity index (χ1v) is 5.84. The number of rotatable bonds is 4. The molecule has 0 aliphatic heterocycles. The average Bonchev–Trinajstić information content (AvgIpc) is 2.43. The summed E-state index contributed by atoms with van der Waals surface area (Å²) in [5.74, 6) is -2.89. The van der Waals surface area contributed by atoms with Crippen LogP contribution in [0.1, 0.15) is 15.9 Å². The van der Waals surface area contributed by atoms with Gasteiger partial charge in [0.05, 0.1) is 0 Å². The molecule has 0 saturated heterocycles. The molecule has 2 rings (SSSR count). The fourth-order valence-corrected chi connectivity index (χ4v) is 1.57. The maximum absolute atomic E-state index is 13.3. The van der Waals surface area contributed by atoms with E-state index < -0.39 is 23.2 Å².